The first-order valence-corrected chi connectivity index (χ1v) is 10.6. The predicted octanol–water partition coefficient (Wildman–Crippen LogP) is 3.91. The van der Waals surface area contributed by atoms with Gasteiger partial charge in [-0.15, -0.1) is 0 Å². The number of nitrogens with one attached hydrogen (secondary N) is 1. The van der Waals surface area contributed by atoms with Crippen molar-refractivity contribution in [2.75, 3.05) is 20.2 Å². The van der Waals surface area contributed by atoms with Crippen molar-refractivity contribution in [3.05, 3.63) is 71.9 Å². The topological polar surface area (TPSA) is 62.4 Å². The van der Waals surface area contributed by atoms with E-state index in [2.05, 4.69) is 28.1 Å². The zero-order chi connectivity index (χ0) is 20.7. The van der Waals surface area contributed by atoms with E-state index in [1.54, 1.807) is 0 Å². The Morgan fingerprint density at radius 3 is 2.70 bits per heavy atom. The maximum Gasteiger partial charge on any atom is 0.314 e. The number of hydrogen-bond acceptors (Lipinski definition) is 4. The van der Waals surface area contributed by atoms with Crippen molar-refractivity contribution < 1.29 is 14.3 Å². The molecule has 1 aromatic heterocycles. The number of hydrogen-bond donors (Lipinski definition) is 1. The largest absolute Gasteiger partial charge is 0.469 e. The van der Waals surface area contributed by atoms with Gasteiger partial charge in [0, 0.05) is 55.0 Å². The van der Waals surface area contributed by atoms with E-state index in [9.17, 15) is 9.59 Å². The summed E-state index contributed by atoms with van der Waals surface area (Å²) in [5.74, 6) is -0.455. The summed E-state index contributed by atoms with van der Waals surface area (Å²) < 4.78 is 5.35. The van der Waals surface area contributed by atoms with E-state index >= 15 is 0 Å². The number of fused-ring (bicyclic) bond motifs is 2. The summed E-state index contributed by atoms with van der Waals surface area (Å²) in [7, 11) is 1.44. The molecule has 154 valence electrons. The highest BCUT2D eigenvalue weighted by Gasteiger charge is 2.62. The molecule has 5 rings (SSSR count). The van der Waals surface area contributed by atoms with Gasteiger partial charge in [0.15, 0.2) is 0 Å². The van der Waals surface area contributed by atoms with Crippen LogP contribution in [0.3, 0.4) is 0 Å². The zero-order valence-electron chi connectivity index (χ0n) is 17.1. The lowest BCUT2D eigenvalue weighted by Gasteiger charge is -2.42. The van der Waals surface area contributed by atoms with E-state index in [0.717, 1.165) is 23.0 Å². The quantitative estimate of drug-likeness (QED) is 0.672. The SMILES string of the molecule is COC(=O)C12CN(Cc3ccccc3)CC1C(=O)CCC2c1c[nH]c2ccccc12. The van der Waals surface area contributed by atoms with Gasteiger partial charge in [-0.2, -0.15) is 0 Å². The highest BCUT2D eigenvalue weighted by atomic mass is 16.5. The summed E-state index contributed by atoms with van der Waals surface area (Å²) in [5, 5.41) is 1.13. The molecule has 0 spiro atoms. The summed E-state index contributed by atoms with van der Waals surface area (Å²) in [6, 6.07) is 18.4. The monoisotopic (exact) mass is 402 g/mol. The normalized spacial score (nSPS) is 26.6. The molecule has 1 aliphatic heterocycles. The van der Waals surface area contributed by atoms with E-state index in [1.165, 1.54) is 12.7 Å². The van der Waals surface area contributed by atoms with Crippen LogP contribution in [0, 0.1) is 11.3 Å². The third kappa shape index (κ3) is 2.88. The van der Waals surface area contributed by atoms with E-state index < -0.39 is 5.41 Å². The van der Waals surface area contributed by atoms with Gasteiger partial charge in [0.05, 0.1) is 12.5 Å². The minimum atomic E-state index is -0.843. The molecule has 2 fully saturated rings. The van der Waals surface area contributed by atoms with E-state index in [0.29, 0.717) is 25.9 Å². The van der Waals surface area contributed by atoms with Gasteiger partial charge in [-0.1, -0.05) is 48.5 Å². The van der Waals surface area contributed by atoms with Crippen LogP contribution in [-0.2, 0) is 20.9 Å². The molecule has 2 aromatic carbocycles. The Hall–Kier alpha value is -2.92. The molecule has 3 unspecified atom stereocenters. The number of aromatic nitrogens is 1. The van der Waals surface area contributed by atoms with Crippen LogP contribution >= 0.6 is 0 Å². The third-order valence-electron chi connectivity index (χ3n) is 7.05. The Balaban J connectivity index is 1.58. The first kappa shape index (κ1) is 19.1. The van der Waals surface area contributed by atoms with Crippen molar-refractivity contribution in [1.82, 2.24) is 9.88 Å². The molecule has 3 atom stereocenters. The van der Waals surface area contributed by atoms with Crippen LogP contribution in [0.4, 0.5) is 0 Å². The first-order chi connectivity index (χ1) is 14.6. The molecule has 0 bridgehead atoms. The predicted molar refractivity (Wildman–Crippen MR) is 115 cm³/mol. The average Bonchev–Trinajstić information content (AvgIpc) is 3.37. The van der Waals surface area contributed by atoms with Gasteiger partial charge in [0.25, 0.3) is 0 Å². The minimum Gasteiger partial charge on any atom is -0.469 e. The maximum atomic E-state index is 13.3. The molecule has 2 aliphatic rings. The molecule has 0 radical (unpaired) electrons. The van der Waals surface area contributed by atoms with Crippen LogP contribution < -0.4 is 0 Å². The highest BCUT2D eigenvalue weighted by molar-refractivity contribution is 5.94. The number of methoxy groups -OCH3 is 1. The molecule has 2 heterocycles. The van der Waals surface area contributed by atoms with Crippen LogP contribution in [-0.4, -0.2) is 41.8 Å². The number of carbonyl (C=O) groups is 2. The second-order valence-corrected chi connectivity index (χ2v) is 8.59. The number of carbonyl (C=O) groups excluding carboxylic acids is 2. The molecule has 1 N–H and O–H groups in total. The van der Waals surface area contributed by atoms with Crippen molar-refractivity contribution in [2.45, 2.75) is 25.3 Å². The number of esters is 1. The molecule has 30 heavy (non-hydrogen) atoms. The van der Waals surface area contributed by atoms with Crippen molar-refractivity contribution in [3.8, 4) is 0 Å². The van der Waals surface area contributed by atoms with Gasteiger partial charge in [0.2, 0.25) is 0 Å². The highest BCUT2D eigenvalue weighted by Crippen LogP contribution is 2.55. The summed E-state index contributed by atoms with van der Waals surface area (Å²) >= 11 is 0. The van der Waals surface area contributed by atoms with Crippen molar-refractivity contribution in [1.29, 1.82) is 0 Å². The molecule has 1 saturated carbocycles. The smallest absolute Gasteiger partial charge is 0.314 e. The number of aromatic amines is 1. The minimum absolute atomic E-state index is 0.0513. The van der Waals surface area contributed by atoms with E-state index in [4.69, 9.17) is 4.74 Å². The Morgan fingerprint density at radius 2 is 1.90 bits per heavy atom. The lowest BCUT2D eigenvalue weighted by Crippen LogP contribution is -2.50. The fourth-order valence-corrected chi connectivity index (χ4v) is 5.74. The number of ketones is 1. The van der Waals surface area contributed by atoms with Crippen LogP contribution in [0.2, 0.25) is 0 Å². The Bertz CT molecular complexity index is 1090. The number of benzene rings is 2. The molecule has 3 aromatic rings. The molecule has 5 heteroatoms. The van der Waals surface area contributed by atoms with E-state index in [-0.39, 0.29) is 23.6 Å². The van der Waals surface area contributed by atoms with Gasteiger partial charge in [0.1, 0.15) is 5.78 Å². The third-order valence-corrected chi connectivity index (χ3v) is 7.05. The number of ether oxygens (including phenoxy) is 1. The standard InChI is InChI=1S/C25H26N2O3/c1-30-24(29)25-16-27(14-17-7-3-2-4-8-17)15-21(25)23(28)12-11-20(25)19-13-26-22-10-6-5-9-18(19)22/h2-10,13,20-21,26H,11-12,14-16H2,1H3. The summed E-state index contributed by atoms with van der Waals surface area (Å²) in [6.07, 6.45) is 3.20. The molecular formula is C25H26N2O3. The van der Waals surface area contributed by atoms with Crippen LogP contribution in [0.5, 0.6) is 0 Å². The average molecular weight is 402 g/mol. The molecule has 1 aliphatic carbocycles. The Labute approximate surface area is 176 Å². The first-order valence-electron chi connectivity index (χ1n) is 10.6. The summed E-state index contributed by atoms with van der Waals surface area (Å²) in [6.45, 7) is 1.86. The fourth-order valence-electron chi connectivity index (χ4n) is 5.74. The Kier molecular flexibility index (Phi) is 4.70. The molecular weight excluding hydrogens is 376 g/mol. The number of para-hydroxylation sites is 1. The fraction of sp³-hybridized carbons (Fsp3) is 0.360. The van der Waals surface area contributed by atoms with Gasteiger partial charge in [-0.3, -0.25) is 14.5 Å². The maximum absolute atomic E-state index is 13.3. The van der Waals surface area contributed by atoms with Crippen LogP contribution in [0.1, 0.15) is 29.9 Å². The summed E-state index contributed by atoms with van der Waals surface area (Å²) in [5.41, 5.74) is 2.52. The number of H-pyrrole nitrogens is 1. The number of rotatable bonds is 4. The number of nitrogens with zero attached hydrogens (tertiary/aromatic N) is 1. The van der Waals surface area contributed by atoms with Crippen molar-refractivity contribution in [3.63, 3.8) is 0 Å². The second-order valence-electron chi connectivity index (χ2n) is 8.59. The summed E-state index contributed by atoms with van der Waals surface area (Å²) in [4.78, 5) is 32.0. The number of Topliss-reactive ketones (excluding diaryl/α,β-unsaturated/α-hetero) is 1. The van der Waals surface area contributed by atoms with Gasteiger partial charge in [-0.05, 0) is 23.6 Å². The lowest BCUT2D eigenvalue weighted by atomic mass is 9.59. The molecule has 5 nitrogen and oxygen atoms in total. The Morgan fingerprint density at radius 1 is 1.13 bits per heavy atom. The van der Waals surface area contributed by atoms with Crippen molar-refractivity contribution in [2.24, 2.45) is 11.3 Å². The van der Waals surface area contributed by atoms with E-state index in [1.807, 2.05) is 42.6 Å². The molecule has 1 saturated heterocycles. The van der Waals surface area contributed by atoms with Gasteiger partial charge < -0.3 is 9.72 Å². The molecule has 0 amide bonds. The van der Waals surface area contributed by atoms with Crippen LogP contribution in [0.15, 0.2) is 60.8 Å². The second kappa shape index (κ2) is 7.40. The van der Waals surface area contributed by atoms with Crippen LogP contribution in [0.25, 0.3) is 10.9 Å². The van der Waals surface area contributed by atoms with Gasteiger partial charge in [-0.25, -0.2) is 0 Å². The zero-order valence-corrected chi connectivity index (χ0v) is 17.1. The van der Waals surface area contributed by atoms with Gasteiger partial charge >= 0.3 is 5.97 Å². The van der Waals surface area contributed by atoms with Crippen molar-refractivity contribution >= 4 is 22.7 Å². The lowest BCUT2D eigenvalue weighted by molar-refractivity contribution is -0.161. The number of likely N-dealkylation sites (tertiary alicyclic amines) is 1.